The molecule has 1 aromatic heterocycles. The number of nitro benzene ring substituents is 1. The highest BCUT2D eigenvalue weighted by Gasteiger charge is 2.16. The number of hydrogen-bond donors (Lipinski definition) is 0. The van der Waals surface area contributed by atoms with E-state index in [0.29, 0.717) is 11.4 Å². The van der Waals surface area contributed by atoms with Crippen LogP contribution in [0.1, 0.15) is 5.56 Å². The van der Waals surface area contributed by atoms with E-state index >= 15 is 0 Å². The van der Waals surface area contributed by atoms with Gasteiger partial charge in [-0.25, -0.2) is 0 Å². The van der Waals surface area contributed by atoms with Crippen LogP contribution in [0, 0.1) is 17.0 Å². The number of nitrogens with zero attached hydrogens (tertiary/aromatic N) is 4. The summed E-state index contributed by atoms with van der Waals surface area (Å²) in [5, 5.41) is 18.5. The van der Waals surface area contributed by atoms with E-state index in [-0.39, 0.29) is 5.69 Å². The third-order valence-corrected chi connectivity index (χ3v) is 2.45. The Morgan fingerprint density at radius 1 is 1.44 bits per heavy atom. The van der Waals surface area contributed by atoms with Crippen molar-refractivity contribution in [1.82, 2.24) is 14.8 Å². The van der Waals surface area contributed by atoms with Crippen LogP contribution in [-0.2, 0) is 7.05 Å². The highest BCUT2D eigenvalue weighted by molar-refractivity contribution is 5.65. The molecule has 1 aromatic carbocycles. The molecular formula is C10H10N4O2. The van der Waals surface area contributed by atoms with Gasteiger partial charge in [0.05, 0.1) is 4.92 Å². The lowest BCUT2D eigenvalue weighted by Gasteiger charge is -2.04. The quantitative estimate of drug-likeness (QED) is 0.568. The average molecular weight is 218 g/mol. The van der Waals surface area contributed by atoms with Crippen molar-refractivity contribution in [2.24, 2.45) is 7.05 Å². The minimum Gasteiger partial charge on any atom is -0.317 e. The molecule has 0 radical (unpaired) electrons. The molecule has 0 amide bonds. The fraction of sp³-hybridized carbons (Fsp3) is 0.200. The van der Waals surface area contributed by atoms with Gasteiger partial charge in [0.25, 0.3) is 5.69 Å². The molecule has 1 heterocycles. The summed E-state index contributed by atoms with van der Waals surface area (Å²) >= 11 is 0. The molecule has 0 fully saturated rings. The molecule has 16 heavy (non-hydrogen) atoms. The first-order valence-corrected chi connectivity index (χ1v) is 4.69. The highest BCUT2D eigenvalue weighted by Crippen LogP contribution is 2.27. The molecule has 82 valence electrons. The van der Waals surface area contributed by atoms with Crippen LogP contribution in [0.3, 0.4) is 0 Å². The van der Waals surface area contributed by atoms with Gasteiger partial charge in [0, 0.05) is 24.2 Å². The van der Waals surface area contributed by atoms with Gasteiger partial charge in [-0.1, -0.05) is 12.1 Å². The molecule has 0 spiro atoms. The van der Waals surface area contributed by atoms with E-state index in [1.807, 2.05) is 0 Å². The summed E-state index contributed by atoms with van der Waals surface area (Å²) < 4.78 is 1.73. The molecular weight excluding hydrogens is 208 g/mol. The van der Waals surface area contributed by atoms with Crippen LogP contribution < -0.4 is 0 Å². The monoisotopic (exact) mass is 218 g/mol. The van der Waals surface area contributed by atoms with Gasteiger partial charge in [-0.05, 0) is 6.92 Å². The Labute approximate surface area is 91.7 Å². The summed E-state index contributed by atoms with van der Waals surface area (Å²) in [6, 6.07) is 4.93. The number of aromatic nitrogens is 3. The molecule has 6 nitrogen and oxygen atoms in total. The number of rotatable bonds is 2. The topological polar surface area (TPSA) is 73.8 Å². The van der Waals surface area contributed by atoms with Crippen LogP contribution in [0.25, 0.3) is 11.4 Å². The molecule has 6 heteroatoms. The van der Waals surface area contributed by atoms with Crippen LogP contribution in [0.4, 0.5) is 5.69 Å². The van der Waals surface area contributed by atoms with E-state index in [4.69, 9.17) is 0 Å². The molecule has 0 N–H and O–H groups in total. The second-order valence-corrected chi connectivity index (χ2v) is 3.47. The predicted octanol–water partition coefficient (Wildman–Crippen LogP) is 1.70. The maximum absolute atomic E-state index is 10.8. The van der Waals surface area contributed by atoms with Gasteiger partial charge in [0.1, 0.15) is 6.33 Å². The number of nitro groups is 1. The standard InChI is InChI=1S/C10H10N4O2/c1-7-8(10-12-11-6-13(10)2)4-3-5-9(7)14(15)16/h3-6H,1-2H3. The van der Waals surface area contributed by atoms with Crippen LogP contribution in [0.5, 0.6) is 0 Å². The SMILES string of the molecule is Cc1c(-c2nncn2C)cccc1[N+](=O)[O-]. The zero-order valence-electron chi connectivity index (χ0n) is 8.91. The lowest BCUT2D eigenvalue weighted by Crippen LogP contribution is -1.97. The van der Waals surface area contributed by atoms with E-state index in [1.54, 1.807) is 37.0 Å². The first-order chi connectivity index (χ1) is 7.61. The van der Waals surface area contributed by atoms with E-state index < -0.39 is 4.92 Å². The fourth-order valence-electron chi connectivity index (χ4n) is 1.59. The molecule has 0 aliphatic carbocycles. The first-order valence-electron chi connectivity index (χ1n) is 4.69. The van der Waals surface area contributed by atoms with Gasteiger partial charge in [-0.2, -0.15) is 0 Å². The Bertz CT molecular complexity index is 548. The van der Waals surface area contributed by atoms with Crippen molar-refractivity contribution in [1.29, 1.82) is 0 Å². The van der Waals surface area contributed by atoms with Gasteiger partial charge < -0.3 is 4.57 Å². The fourth-order valence-corrected chi connectivity index (χ4v) is 1.59. The first kappa shape index (κ1) is 10.3. The van der Waals surface area contributed by atoms with Crippen molar-refractivity contribution in [2.45, 2.75) is 6.92 Å². The van der Waals surface area contributed by atoms with E-state index in [0.717, 1.165) is 5.56 Å². The predicted molar refractivity (Wildman–Crippen MR) is 57.8 cm³/mol. The zero-order chi connectivity index (χ0) is 11.7. The van der Waals surface area contributed by atoms with Gasteiger partial charge in [-0.3, -0.25) is 10.1 Å². The summed E-state index contributed by atoms with van der Waals surface area (Å²) in [4.78, 5) is 10.4. The maximum Gasteiger partial charge on any atom is 0.273 e. The van der Waals surface area contributed by atoms with E-state index in [1.165, 1.54) is 6.07 Å². The van der Waals surface area contributed by atoms with Crippen molar-refractivity contribution in [3.8, 4) is 11.4 Å². The molecule has 2 aromatic rings. The lowest BCUT2D eigenvalue weighted by molar-refractivity contribution is -0.385. The molecule has 2 rings (SSSR count). The van der Waals surface area contributed by atoms with Gasteiger partial charge >= 0.3 is 0 Å². The summed E-state index contributed by atoms with van der Waals surface area (Å²) in [5.41, 5.74) is 1.43. The van der Waals surface area contributed by atoms with Gasteiger partial charge in [-0.15, -0.1) is 10.2 Å². The molecule has 0 unspecified atom stereocenters. The Kier molecular flexibility index (Phi) is 2.40. The third kappa shape index (κ3) is 1.54. The minimum atomic E-state index is -0.394. The molecule has 0 saturated carbocycles. The Morgan fingerprint density at radius 2 is 2.19 bits per heavy atom. The Morgan fingerprint density at radius 3 is 2.75 bits per heavy atom. The van der Waals surface area contributed by atoms with Crippen molar-refractivity contribution >= 4 is 5.69 Å². The van der Waals surface area contributed by atoms with Crippen LogP contribution in [0.2, 0.25) is 0 Å². The zero-order valence-corrected chi connectivity index (χ0v) is 8.91. The summed E-state index contributed by atoms with van der Waals surface area (Å²) in [7, 11) is 1.80. The Hall–Kier alpha value is -2.24. The maximum atomic E-state index is 10.8. The summed E-state index contributed by atoms with van der Waals surface area (Å²) in [5.74, 6) is 0.626. The van der Waals surface area contributed by atoms with Gasteiger partial charge in [0.2, 0.25) is 0 Å². The summed E-state index contributed by atoms with van der Waals surface area (Å²) in [6.07, 6.45) is 1.56. The Balaban J connectivity index is 2.63. The molecule has 0 atom stereocenters. The smallest absolute Gasteiger partial charge is 0.273 e. The van der Waals surface area contributed by atoms with E-state index in [9.17, 15) is 10.1 Å². The highest BCUT2D eigenvalue weighted by atomic mass is 16.6. The summed E-state index contributed by atoms with van der Waals surface area (Å²) in [6.45, 7) is 1.71. The van der Waals surface area contributed by atoms with Crippen LogP contribution >= 0.6 is 0 Å². The van der Waals surface area contributed by atoms with Crippen molar-refractivity contribution < 1.29 is 4.92 Å². The molecule has 0 aliphatic rings. The van der Waals surface area contributed by atoms with Crippen LogP contribution in [0.15, 0.2) is 24.5 Å². The number of benzene rings is 1. The van der Waals surface area contributed by atoms with Crippen LogP contribution in [-0.4, -0.2) is 19.7 Å². The second kappa shape index (κ2) is 3.73. The molecule has 0 saturated heterocycles. The average Bonchev–Trinajstić information content (AvgIpc) is 2.64. The lowest BCUT2D eigenvalue weighted by atomic mass is 10.1. The van der Waals surface area contributed by atoms with Crippen molar-refractivity contribution in [2.75, 3.05) is 0 Å². The normalized spacial score (nSPS) is 10.4. The second-order valence-electron chi connectivity index (χ2n) is 3.47. The third-order valence-electron chi connectivity index (χ3n) is 2.45. The van der Waals surface area contributed by atoms with Crippen molar-refractivity contribution in [3.05, 3.63) is 40.2 Å². The minimum absolute atomic E-state index is 0.0977. The van der Waals surface area contributed by atoms with Crippen molar-refractivity contribution in [3.63, 3.8) is 0 Å². The van der Waals surface area contributed by atoms with Gasteiger partial charge in [0.15, 0.2) is 5.82 Å². The number of hydrogen-bond acceptors (Lipinski definition) is 4. The molecule has 0 bridgehead atoms. The van der Waals surface area contributed by atoms with E-state index in [2.05, 4.69) is 10.2 Å². The largest absolute Gasteiger partial charge is 0.317 e. The molecule has 0 aliphatic heterocycles. The number of aryl methyl sites for hydroxylation is 1.